The Morgan fingerprint density at radius 3 is 1.31 bits per heavy atom. The molecule has 0 N–H and O–H groups in total. The topological polar surface area (TPSA) is 132 Å². The van der Waals surface area contributed by atoms with Crippen LogP contribution in [0.15, 0.2) is 12.2 Å². The fourth-order valence-corrected chi connectivity index (χ4v) is 2.70. The van der Waals surface area contributed by atoms with Gasteiger partial charge >= 0.3 is 148 Å². The van der Waals surface area contributed by atoms with Crippen molar-refractivity contribution in [2.45, 2.75) is 109 Å². The van der Waals surface area contributed by atoms with Gasteiger partial charge in [0.25, 0.3) is 0 Å². The van der Waals surface area contributed by atoms with Crippen LogP contribution in [0.2, 0.25) is 0 Å². The summed E-state index contributed by atoms with van der Waals surface area (Å²) >= 11 is 0. The fraction of sp³-hybridized carbons (Fsp3) is 0.900. The van der Waals surface area contributed by atoms with Gasteiger partial charge in [0.15, 0.2) is 0 Å². The Bertz CT molecular complexity index is 368. The Kier molecular flexibility index (Phi) is 71.1. The molecule has 0 bridgehead atoms. The largest absolute Gasteiger partial charge is 1.00 e. The molecule has 0 aliphatic rings. The number of phosphoric acid groups is 1. The SMILES string of the molecule is CCCCCCCC/C=C\CCCCCCCCC([O-])C[O-].O=P([O-])([O-])[O-].[Na+].[Na+].[Na+].[Na+].[Na+]. The summed E-state index contributed by atoms with van der Waals surface area (Å²) in [6, 6.07) is 0. The van der Waals surface area contributed by atoms with Gasteiger partial charge in [0.2, 0.25) is 0 Å². The number of hydrogen-bond acceptors (Lipinski definition) is 6. The summed E-state index contributed by atoms with van der Waals surface area (Å²) in [6.07, 6.45) is 22.3. The van der Waals surface area contributed by atoms with Crippen LogP contribution in [0.25, 0.3) is 0 Å². The summed E-state index contributed by atoms with van der Waals surface area (Å²) in [4.78, 5) is 25.6. The van der Waals surface area contributed by atoms with Crippen LogP contribution in [0.5, 0.6) is 0 Å². The molecule has 0 rings (SSSR count). The minimum absolute atomic E-state index is 0. The fourth-order valence-electron chi connectivity index (χ4n) is 2.70. The Balaban J connectivity index is -0.000000112. The summed E-state index contributed by atoms with van der Waals surface area (Å²) in [5.74, 6) is 0. The molecular weight excluding hydrogens is 482 g/mol. The van der Waals surface area contributed by atoms with Gasteiger partial charge in [0.05, 0.1) is 0 Å². The third kappa shape index (κ3) is 64.6. The molecule has 0 aromatic carbocycles. The first-order valence-electron chi connectivity index (χ1n) is 10.4. The van der Waals surface area contributed by atoms with E-state index < -0.39 is 20.5 Å². The maximum Gasteiger partial charge on any atom is 1.00 e. The zero-order valence-electron chi connectivity index (χ0n) is 21.9. The van der Waals surface area contributed by atoms with Crippen LogP contribution < -0.4 is 173 Å². The molecule has 0 amide bonds. The molecule has 0 aromatic rings. The molecular formula is C20H38Na5O6P. The third-order valence-corrected chi connectivity index (χ3v) is 4.22. The molecule has 0 aromatic heterocycles. The van der Waals surface area contributed by atoms with E-state index in [4.69, 9.17) is 19.2 Å². The van der Waals surface area contributed by atoms with Crippen LogP contribution in [-0.2, 0) is 4.57 Å². The number of allylic oxidation sites excluding steroid dienone is 2. The van der Waals surface area contributed by atoms with Gasteiger partial charge in [-0.2, -0.15) is 14.4 Å². The first-order valence-corrected chi connectivity index (χ1v) is 11.9. The Hall–Kier alpha value is 4.77. The van der Waals surface area contributed by atoms with E-state index in [1.165, 1.54) is 77.0 Å². The standard InChI is InChI=1S/C20H38O2.5Na.H3O4P/c1-2-3-4-5-6-7-8-9-10-11-12-13-14-15-16-17-18-20(22)19-21;;;;;;1-5(2,3)4/h9-10,20H,2-8,11-19H2,1H3;;;;;;(H3,1,2,3,4)/q-2;5*+1;/p-3/b10-9-;;;;;;. The van der Waals surface area contributed by atoms with E-state index in [1.807, 2.05) is 0 Å². The summed E-state index contributed by atoms with van der Waals surface area (Å²) in [6.45, 7) is 1.81. The van der Waals surface area contributed by atoms with E-state index in [2.05, 4.69) is 19.1 Å². The van der Waals surface area contributed by atoms with Gasteiger partial charge in [-0.25, -0.2) is 0 Å². The summed E-state index contributed by atoms with van der Waals surface area (Å²) in [7, 11) is -5.39. The minimum atomic E-state index is -5.39. The molecule has 6 nitrogen and oxygen atoms in total. The van der Waals surface area contributed by atoms with Gasteiger partial charge in [-0.3, -0.25) is 0 Å². The number of unbranched alkanes of at least 4 members (excludes halogenated alkanes) is 12. The quantitative estimate of drug-likeness (QED) is 0.0810. The van der Waals surface area contributed by atoms with E-state index in [0.29, 0.717) is 6.42 Å². The van der Waals surface area contributed by atoms with Gasteiger partial charge in [-0.15, -0.1) is 6.10 Å². The van der Waals surface area contributed by atoms with Crippen LogP contribution in [0.3, 0.4) is 0 Å². The smallest absolute Gasteiger partial charge is 0.855 e. The number of hydrogen-bond donors (Lipinski definition) is 0. The number of rotatable bonds is 17. The van der Waals surface area contributed by atoms with Gasteiger partial charge in [-0.1, -0.05) is 89.7 Å². The van der Waals surface area contributed by atoms with Crippen molar-refractivity contribution in [3.05, 3.63) is 12.2 Å². The maximum absolute atomic E-state index is 10.9. The second kappa shape index (κ2) is 42.8. The first-order chi connectivity index (χ1) is 12.8. The second-order valence-electron chi connectivity index (χ2n) is 6.96. The molecule has 0 aliphatic heterocycles. The van der Waals surface area contributed by atoms with Crippen molar-refractivity contribution in [3.63, 3.8) is 0 Å². The molecule has 1 unspecified atom stereocenters. The molecule has 0 radical (unpaired) electrons. The van der Waals surface area contributed by atoms with Crippen molar-refractivity contribution in [2.24, 2.45) is 0 Å². The van der Waals surface area contributed by atoms with Crippen molar-refractivity contribution in [3.8, 4) is 0 Å². The van der Waals surface area contributed by atoms with Crippen LogP contribution >= 0.6 is 7.82 Å². The van der Waals surface area contributed by atoms with Crippen molar-refractivity contribution in [1.29, 1.82) is 0 Å². The second-order valence-corrected chi connectivity index (χ2v) is 7.86. The first kappa shape index (κ1) is 53.1. The zero-order chi connectivity index (χ0) is 20.8. The minimum Gasteiger partial charge on any atom is -0.855 e. The van der Waals surface area contributed by atoms with E-state index in [1.54, 1.807) is 0 Å². The van der Waals surface area contributed by atoms with Crippen LogP contribution in [0, 0.1) is 0 Å². The van der Waals surface area contributed by atoms with Crippen LogP contribution in [0.4, 0.5) is 0 Å². The van der Waals surface area contributed by atoms with E-state index in [9.17, 15) is 10.2 Å². The van der Waals surface area contributed by atoms with E-state index in [-0.39, 0.29) is 148 Å². The molecule has 0 saturated heterocycles. The van der Waals surface area contributed by atoms with Crippen LogP contribution in [0.1, 0.15) is 103 Å². The van der Waals surface area contributed by atoms with Gasteiger partial charge in [0.1, 0.15) is 0 Å². The van der Waals surface area contributed by atoms with Gasteiger partial charge in [-0.05, 0) is 25.7 Å². The summed E-state index contributed by atoms with van der Waals surface area (Å²) < 4.78 is 8.55. The predicted molar refractivity (Wildman–Crippen MR) is 100 cm³/mol. The Morgan fingerprint density at radius 2 is 0.969 bits per heavy atom. The summed E-state index contributed by atoms with van der Waals surface area (Å²) in [5, 5.41) is 21.2. The van der Waals surface area contributed by atoms with E-state index >= 15 is 0 Å². The maximum atomic E-state index is 10.9. The molecule has 0 saturated carbocycles. The Morgan fingerprint density at radius 1 is 0.656 bits per heavy atom. The van der Waals surface area contributed by atoms with Gasteiger partial charge < -0.3 is 29.5 Å². The average molecular weight is 520 g/mol. The van der Waals surface area contributed by atoms with Crippen molar-refractivity contribution in [1.82, 2.24) is 0 Å². The van der Waals surface area contributed by atoms with Crippen molar-refractivity contribution < 1.29 is 177 Å². The van der Waals surface area contributed by atoms with Crippen molar-refractivity contribution in [2.75, 3.05) is 6.61 Å². The van der Waals surface area contributed by atoms with E-state index in [0.717, 1.165) is 12.8 Å². The van der Waals surface area contributed by atoms with Crippen LogP contribution in [-0.4, -0.2) is 12.7 Å². The molecule has 1 atom stereocenters. The average Bonchev–Trinajstić information content (AvgIpc) is 2.59. The molecule has 0 heterocycles. The molecule has 32 heavy (non-hydrogen) atoms. The monoisotopic (exact) mass is 520 g/mol. The summed E-state index contributed by atoms with van der Waals surface area (Å²) in [5.41, 5.74) is 0. The third-order valence-electron chi connectivity index (χ3n) is 4.22. The predicted octanol–water partition coefficient (Wildman–Crippen LogP) is -13.3. The normalized spacial score (nSPS) is 10.8. The van der Waals surface area contributed by atoms with Gasteiger partial charge in [0, 0.05) is 0 Å². The zero-order valence-corrected chi connectivity index (χ0v) is 32.8. The van der Waals surface area contributed by atoms with Crippen molar-refractivity contribution >= 4 is 7.82 Å². The molecule has 0 aliphatic carbocycles. The Labute approximate surface area is 308 Å². The molecule has 0 fully saturated rings. The molecule has 12 heteroatoms. The molecule has 0 spiro atoms. The molecule has 164 valence electrons.